The Balaban J connectivity index is 2.40. The minimum absolute atomic E-state index is 0.0638. The van der Waals surface area contributed by atoms with Gasteiger partial charge in [-0.25, -0.2) is 19.1 Å². The first kappa shape index (κ1) is 27.8. The van der Waals surface area contributed by atoms with E-state index in [2.05, 4.69) is 9.17 Å². The molecular weight excluding hydrogens is 525 g/mol. The third-order valence-electron chi connectivity index (χ3n) is 4.49. The van der Waals surface area contributed by atoms with E-state index in [9.17, 15) is 31.2 Å². The molecule has 0 fully saturated rings. The van der Waals surface area contributed by atoms with Gasteiger partial charge in [0.1, 0.15) is 5.60 Å². The molecule has 0 radical (unpaired) electrons. The summed E-state index contributed by atoms with van der Waals surface area (Å²) in [5, 5.41) is -0.420. The molecule has 11 nitrogen and oxygen atoms in total. The zero-order chi connectivity index (χ0) is 27.9. The fraction of sp³-hybridized carbons (Fsp3) is 0.409. The van der Waals surface area contributed by atoms with Crippen LogP contribution >= 0.6 is 0 Å². The molecule has 0 amide bonds. The molecule has 0 N–H and O–H groups in total. The molecule has 3 aromatic rings. The number of pyridine rings is 1. The molecule has 0 aliphatic carbocycles. The minimum atomic E-state index is -6.10. The van der Waals surface area contributed by atoms with Crippen LogP contribution in [0.5, 0.6) is 17.4 Å². The van der Waals surface area contributed by atoms with Crippen molar-refractivity contribution in [2.24, 2.45) is 0 Å². The number of rotatable bonds is 5. The highest BCUT2D eigenvalue weighted by Gasteiger charge is 2.49. The average Bonchev–Trinajstić information content (AvgIpc) is 3.06. The molecule has 2 aromatic heterocycles. The van der Waals surface area contributed by atoms with Gasteiger partial charge in [-0.3, -0.25) is 0 Å². The SMILES string of the molecule is COc1c(OC(=O)OC(C)C)ncc2c1c1c(OS(=O)(=O)C(F)(F)F)cccc1n2C(=O)OC(C)(C)C. The number of ether oxygens (including phenoxy) is 4. The van der Waals surface area contributed by atoms with Gasteiger partial charge in [0.25, 0.3) is 5.88 Å². The topological polar surface area (TPSA) is 132 Å². The van der Waals surface area contributed by atoms with Crippen LogP contribution in [0.1, 0.15) is 34.6 Å². The number of halogens is 3. The highest BCUT2D eigenvalue weighted by molar-refractivity contribution is 7.88. The molecule has 0 saturated carbocycles. The second-order valence-corrected chi connectivity index (χ2v) is 10.4. The summed E-state index contributed by atoms with van der Waals surface area (Å²) >= 11 is 0. The molecule has 0 atom stereocenters. The van der Waals surface area contributed by atoms with Crippen molar-refractivity contribution < 1.29 is 54.3 Å². The lowest BCUT2D eigenvalue weighted by atomic mass is 10.1. The van der Waals surface area contributed by atoms with Crippen molar-refractivity contribution in [2.75, 3.05) is 7.11 Å². The maximum Gasteiger partial charge on any atom is 0.534 e. The first-order chi connectivity index (χ1) is 17.0. The second-order valence-electron chi connectivity index (χ2n) is 8.82. The number of alkyl halides is 3. The molecule has 2 heterocycles. The van der Waals surface area contributed by atoms with E-state index in [1.165, 1.54) is 12.1 Å². The van der Waals surface area contributed by atoms with Crippen molar-refractivity contribution >= 4 is 44.2 Å². The number of methoxy groups -OCH3 is 1. The Morgan fingerprint density at radius 3 is 2.24 bits per heavy atom. The molecule has 1 aromatic carbocycles. The maximum absolute atomic E-state index is 13.1. The molecule has 0 saturated heterocycles. The smallest absolute Gasteiger partial charge is 0.491 e. The van der Waals surface area contributed by atoms with Gasteiger partial charge in [-0.15, -0.1) is 0 Å². The number of carbonyl (C=O) groups is 2. The molecule has 15 heteroatoms. The van der Waals surface area contributed by atoms with Gasteiger partial charge in [-0.2, -0.15) is 21.6 Å². The fourth-order valence-corrected chi connectivity index (χ4v) is 3.73. The number of carbonyl (C=O) groups excluding carboxylic acids is 2. The van der Waals surface area contributed by atoms with Gasteiger partial charge in [0.05, 0.1) is 41.2 Å². The molecule has 3 rings (SSSR count). The van der Waals surface area contributed by atoms with Crippen LogP contribution < -0.4 is 13.7 Å². The molecule has 0 bridgehead atoms. The summed E-state index contributed by atoms with van der Waals surface area (Å²) in [5.41, 5.74) is -6.87. The summed E-state index contributed by atoms with van der Waals surface area (Å²) < 4.78 is 89.1. The van der Waals surface area contributed by atoms with Crippen LogP contribution in [0.4, 0.5) is 22.8 Å². The minimum Gasteiger partial charge on any atom is -0.491 e. The Hall–Kier alpha value is -3.75. The van der Waals surface area contributed by atoms with E-state index in [0.717, 1.165) is 23.9 Å². The van der Waals surface area contributed by atoms with E-state index in [1.54, 1.807) is 34.6 Å². The summed E-state index contributed by atoms with van der Waals surface area (Å²) in [7, 11) is -4.96. The number of hydrogen-bond donors (Lipinski definition) is 0. The lowest BCUT2D eigenvalue weighted by Crippen LogP contribution is -2.28. The van der Waals surface area contributed by atoms with Gasteiger partial charge < -0.3 is 23.1 Å². The highest BCUT2D eigenvalue weighted by atomic mass is 32.2. The predicted octanol–water partition coefficient (Wildman–Crippen LogP) is 5.13. The van der Waals surface area contributed by atoms with Crippen LogP contribution in [0.25, 0.3) is 21.8 Å². The molecule has 0 spiro atoms. The fourth-order valence-electron chi connectivity index (χ4n) is 3.26. The normalized spacial score (nSPS) is 12.6. The Kier molecular flexibility index (Phi) is 7.23. The maximum atomic E-state index is 13.1. The van der Waals surface area contributed by atoms with Gasteiger partial charge in [-0.1, -0.05) is 6.07 Å². The van der Waals surface area contributed by atoms with E-state index < -0.39 is 51.2 Å². The highest BCUT2D eigenvalue weighted by Crippen LogP contribution is 2.45. The summed E-state index contributed by atoms with van der Waals surface area (Å²) in [6.07, 6.45) is -1.60. The Morgan fingerprint density at radius 2 is 1.70 bits per heavy atom. The zero-order valence-electron chi connectivity index (χ0n) is 20.5. The number of nitrogens with zero attached hydrogens (tertiary/aromatic N) is 2. The van der Waals surface area contributed by atoms with E-state index in [0.29, 0.717) is 0 Å². The van der Waals surface area contributed by atoms with Crippen LogP contribution in [0.2, 0.25) is 0 Å². The third-order valence-corrected chi connectivity index (χ3v) is 5.46. The molecule has 0 unspecified atom stereocenters. The largest absolute Gasteiger partial charge is 0.534 e. The Bertz CT molecular complexity index is 1470. The van der Waals surface area contributed by atoms with Crippen molar-refractivity contribution in [3.8, 4) is 17.4 Å². The summed E-state index contributed by atoms with van der Waals surface area (Å²) in [5.74, 6) is -1.55. The number of fused-ring (bicyclic) bond motifs is 3. The molecule has 0 aliphatic heterocycles. The quantitative estimate of drug-likeness (QED) is 0.240. The molecular formula is C22H23F3N2O9S. The Labute approximate surface area is 209 Å². The number of aromatic nitrogens is 2. The van der Waals surface area contributed by atoms with Crippen LogP contribution in [0.15, 0.2) is 24.4 Å². The lowest BCUT2D eigenvalue weighted by molar-refractivity contribution is -0.0499. The first-order valence-electron chi connectivity index (χ1n) is 10.6. The monoisotopic (exact) mass is 548 g/mol. The Morgan fingerprint density at radius 1 is 1.05 bits per heavy atom. The van der Waals surface area contributed by atoms with Gasteiger partial charge in [-0.05, 0) is 46.8 Å². The van der Waals surface area contributed by atoms with E-state index in [1.807, 2.05) is 0 Å². The predicted molar refractivity (Wildman–Crippen MR) is 123 cm³/mol. The van der Waals surface area contributed by atoms with Gasteiger partial charge in [0.2, 0.25) is 0 Å². The molecule has 0 aliphatic rings. The van der Waals surface area contributed by atoms with Crippen molar-refractivity contribution in [1.29, 1.82) is 0 Å². The summed E-state index contributed by atoms with van der Waals surface area (Å²) in [6, 6.07) is 3.46. The van der Waals surface area contributed by atoms with Gasteiger partial charge in [0, 0.05) is 0 Å². The van der Waals surface area contributed by atoms with Crippen molar-refractivity contribution in [2.45, 2.75) is 51.8 Å². The number of hydrogen-bond acceptors (Lipinski definition) is 10. The van der Waals surface area contributed by atoms with E-state index in [-0.39, 0.29) is 27.6 Å². The number of benzene rings is 1. The standard InChI is InChI=1S/C22H23F3N2O9S/c1-11(2)33-20(29)34-18-17(32-6)16-13(10-26-18)27(19(28)35-21(3,4)5)12-8-7-9-14(15(12)16)36-37(30,31)22(23,24)25/h7-11H,1-6H3. The molecule has 37 heavy (non-hydrogen) atoms. The first-order valence-corrected chi connectivity index (χ1v) is 12.0. The zero-order valence-corrected chi connectivity index (χ0v) is 21.3. The lowest BCUT2D eigenvalue weighted by Gasteiger charge is -2.20. The third kappa shape index (κ3) is 5.65. The van der Waals surface area contributed by atoms with Crippen molar-refractivity contribution in [3.63, 3.8) is 0 Å². The van der Waals surface area contributed by atoms with Crippen LogP contribution in [0.3, 0.4) is 0 Å². The summed E-state index contributed by atoms with van der Waals surface area (Å²) in [6.45, 7) is 7.90. The van der Waals surface area contributed by atoms with Crippen molar-refractivity contribution in [3.05, 3.63) is 24.4 Å². The van der Waals surface area contributed by atoms with Crippen LogP contribution in [0, 0.1) is 0 Å². The van der Waals surface area contributed by atoms with Gasteiger partial charge >= 0.3 is 27.9 Å². The van der Waals surface area contributed by atoms with Crippen molar-refractivity contribution in [1.82, 2.24) is 9.55 Å². The van der Waals surface area contributed by atoms with Crippen LogP contribution in [-0.4, -0.2) is 54.5 Å². The van der Waals surface area contributed by atoms with Crippen LogP contribution in [-0.2, 0) is 19.6 Å². The summed E-state index contributed by atoms with van der Waals surface area (Å²) in [4.78, 5) is 29.2. The van der Waals surface area contributed by atoms with E-state index >= 15 is 0 Å². The average molecular weight is 548 g/mol. The molecule has 202 valence electrons. The van der Waals surface area contributed by atoms with Gasteiger partial charge in [0.15, 0.2) is 11.5 Å². The van der Waals surface area contributed by atoms with E-state index in [4.69, 9.17) is 18.9 Å². The second kappa shape index (κ2) is 9.61.